The van der Waals surface area contributed by atoms with Gasteiger partial charge in [-0.1, -0.05) is 0 Å². The summed E-state index contributed by atoms with van der Waals surface area (Å²) in [7, 11) is 1.82. The van der Waals surface area contributed by atoms with Crippen molar-refractivity contribution in [3.05, 3.63) is 42.3 Å². The summed E-state index contributed by atoms with van der Waals surface area (Å²) in [6.07, 6.45) is 1.01. The van der Waals surface area contributed by atoms with Gasteiger partial charge in [-0.25, -0.2) is 4.79 Å². The van der Waals surface area contributed by atoms with Gasteiger partial charge in [0.25, 0.3) is 5.88 Å². The standard InChI is InChI=1S/C17H19N5O4/c1-11-9-16(21-26-11)25-17(23)20-12-3-4-15(24-8-6-18)13(10-12)14-5-7-19-22(14)2/h3-5,7,9-10H,6,8,18H2,1-2H3,(H,20,23). The number of benzene rings is 1. The molecule has 136 valence electrons. The Morgan fingerprint density at radius 3 is 2.85 bits per heavy atom. The molecule has 0 saturated carbocycles. The summed E-state index contributed by atoms with van der Waals surface area (Å²) in [4.78, 5) is 12.0. The van der Waals surface area contributed by atoms with E-state index in [-0.39, 0.29) is 5.88 Å². The lowest BCUT2D eigenvalue weighted by atomic mass is 10.1. The van der Waals surface area contributed by atoms with Gasteiger partial charge in [0.15, 0.2) is 0 Å². The molecular formula is C17H19N5O4. The maximum atomic E-state index is 12.0. The number of nitrogens with one attached hydrogen (secondary N) is 1. The number of rotatable bonds is 6. The summed E-state index contributed by atoms with van der Waals surface area (Å²) in [6.45, 7) is 2.48. The largest absolute Gasteiger partial charge is 0.492 e. The molecule has 3 aromatic rings. The van der Waals surface area contributed by atoms with Gasteiger partial charge in [-0.15, -0.1) is 0 Å². The predicted molar refractivity (Wildman–Crippen MR) is 94.1 cm³/mol. The molecule has 3 rings (SSSR count). The predicted octanol–water partition coefficient (Wildman–Crippen LogP) is 2.33. The first-order chi connectivity index (χ1) is 12.6. The Hall–Kier alpha value is -3.33. The third kappa shape index (κ3) is 4.01. The molecule has 2 heterocycles. The first-order valence-corrected chi connectivity index (χ1v) is 7.94. The van der Waals surface area contributed by atoms with Gasteiger partial charge >= 0.3 is 6.09 Å². The molecule has 2 aromatic heterocycles. The maximum Gasteiger partial charge on any atom is 0.418 e. The topological polar surface area (TPSA) is 117 Å². The fourth-order valence-corrected chi connectivity index (χ4v) is 2.37. The zero-order valence-corrected chi connectivity index (χ0v) is 14.4. The fraction of sp³-hybridized carbons (Fsp3) is 0.235. The van der Waals surface area contributed by atoms with Crippen LogP contribution in [0.2, 0.25) is 0 Å². The minimum absolute atomic E-state index is 0.0924. The van der Waals surface area contributed by atoms with Crippen molar-refractivity contribution in [3.63, 3.8) is 0 Å². The molecule has 0 radical (unpaired) electrons. The Balaban J connectivity index is 1.81. The van der Waals surface area contributed by atoms with E-state index in [9.17, 15) is 4.79 Å². The molecule has 3 N–H and O–H groups in total. The van der Waals surface area contributed by atoms with Gasteiger partial charge in [0, 0.05) is 37.1 Å². The monoisotopic (exact) mass is 357 g/mol. The third-order valence-electron chi connectivity index (χ3n) is 3.50. The Bertz CT molecular complexity index is 902. The van der Waals surface area contributed by atoms with Gasteiger partial charge in [0.2, 0.25) is 0 Å². The van der Waals surface area contributed by atoms with Gasteiger partial charge in [-0.3, -0.25) is 10.00 Å². The van der Waals surface area contributed by atoms with Gasteiger partial charge < -0.3 is 19.7 Å². The number of amides is 1. The second-order valence-electron chi connectivity index (χ2n) is 5.48. The Kier molecular flexibility index (Phi) is 5.18. The molecule has 0 spiro atoms. The minimum Gasteiger partial charge on any atom is -0.492 e. The first kappa shape index (κ1) is 17.5. The van der Waals surface area contributed by atoms with E-state index in [1.807, 2.05) is 13.1 Å². The van der Waals surface area contributed by atoms with Crippen molar-refractivity contribution in [1.29, 1.82) is 0 Å². The number of nitrogens with two attached hydrogens (primary N) is 1. The van der Waals surface area contributed by atoms with Crippen LogP contribution in [-0.4, -0.2) is 34.2 Å². The van der Waals surface area contributed by atoms with Crippen LogP contribution in [0.5, 0.6) is 11.6 Å². The summed E-state index contributed by atoms with van der Waals surface area (Å²) >= 11 is 0. The van der Waals surface area contributed by atoms with E-state index in [4.69, 9.17) is 19.7 Å². The minimum atomic E-state index is -0.676. The molecule has 9 nitrogen and oxygen atoms in total. The van der Waals surface area contributed by atoms with Crippen LogP contribution in [0, 0.1) is 6.92 Å². The number of ether oxygens (including phenoxy) is 2. The number of anilines is 1. The van der Waals surface area contributed by atoms with Crippen LogP contribution in [0.4, 0.5) is 10.5 Å². The maximum absolute atomic E-state index is 12.0. The lowest BCUT2D eigenvalue weighted by Gasteiger charge is -2.13. The average Bonchev–Trinajstić information content (AvgIpc) is 3.21. The quantitative estimate of drug-likeness (QED) is 0.695. The van der Waals surface area contributed by atoms with Crippen molar-refractivity contribution in [2.45, 2.75) is 6.92 Å². The molecule has 0 unspecified atom stereocenters. The molecule has 0 bridgehead atoms. The van der Waals surface area contributed by atoms with Crippen molar-refractivity contribution in [2.75, 3.05) is 18.5 Å². The lowest BCUT2D eigenvalue weighted by Crippen LogP contribution is -2.17. The molecule has 0 saturated heterocycles. The molecule has 1 aromatic carbocycles. The summed E-state index contributed by atoms with van der Waals surface area (Å²) in [5.74, 6) is 1.28. The fourth-order valence-electron chi connectivity index (χ4n) is 2.37. The smallest absolute Gasteiger partial charge is 0.418 e. The highest BCUT2D eigenvalue weighted by Crippen LogP contribution is 2.32. The molecule has 0 aliphatic carbocycles. The summed E-state index contributed by atoms with van der Waals surface area (Å²) in [5.41, 5.74) is 7.66. The van der Waals surface area contributed by atoms with Crippen LogP contribution >= 0.6 is 0 Å². The Morgan fingerprint density at radius 1 is 1.35 bits per heavy atom. The second kappa shape index (κ2) is 7.70. The van der Waals surface area contributed by atoms with Crippen LogP contribution in [0.1, 0.15) is 5.76 Å². The van der Waals surface area contributed by atoms with E-state index >= 15 is 0 Å². The SMILES string of the molecule is Cc1cc(OC(=O)Nc2ccc(OCCN)c(-c3ccnn3C)c2)no1. The van der Waals surface area contributed by atoms with Gasteiger partial charge in [0.1, 0.15) is 18.1 Å². The van der Waals surface area contributed by atoms with E-state index in [0.29, 0.717) is 30.3 Å². The van der Waals surface area contributed by atoms with Crippen molar-refractivity contribution in [1.82, 2.24) is 14.9 Å². The van der Waals surface area contributed by atoms with Crippen molar-refractivity contribution in [3.8, 4) is 22.9 Å². The number of carbonyl (C=O) groups excluding carboxylic acids is 1. The zero-order valence-electron chi connectivity index (χ0n) is 14.4. The van der Waals surface area contributed by atoms with Crippen LogP contribution in [0.3, 0.4) is 0 Å². The molecule has 0 aliphatic heterocycles. The zero-order chi connectivity index (χ0) is 18.5. The van der Waals surface area contributed by atoms with Gasteiger partial charge in [-0.05, 0) is 36.3 Å². The van der Waals surface area contributed by atoms with E-state index in [0.717, 1.165) is 11.3 Å². The van der Waals surface area contributed by atoms with Crippen molar-refractivity contribution < 1.29 is 18.8 Å². The number of hydrogen-bond acceptors (Lipinski definition) is 7. The molecule has 0 aliphatic rings. The lowest BCUT2D eigenvalue weighted by molar-refractivity contribution is 0.210. The number of hydrogen-bond donors (Lipinski definition) is 2. The molecule has 0 fully saturated rings. The number of aromatic nitrogens is 3. The van der Waals surface area contributed by atoms with Crippen molar-refractivity contribution in [2.24, 2.45) is 12.8 Å². The van der Waals surface area contributed by atoms with Crippen molar-refractivity contribution >= 4 is 11.8 Å². The average molecular weight is 357 g/mol. The summed E-state index contributed by atoms with van der Waals surface area (Å²) in [6, 6.07) is 8.61. The highest BCUT2D eigenvalue weighted by atomic mass is 16.6. The number of nitrogens with zero attached hydrogens (tertiary/aromatic N) is 3. The first-order valence-electron chi connectivity index (χ1n) is 7.94. The van der Waals surface area contributed by atoms with E-state index < -0.39 is 6.09 Å². The molecule has 1 amide bonds. The van der Waals surface area contributed by atoms with Crippen LogP contribution in [0.25, 0.3) is 11.3 Å². The Labute approximate surface area is 149 Å². The Morgan fingerprint density at radius 2 is 2.19 bits per heavy atom. The molecule has 26 heavy (non-hydrogen) atoms. The van der Waals surface area contributed by atoms with Gasteiger partial charge in [-0.2, -0.15) is 5.10 Å². The van der Waals surface area contributed by atoms with Gasteiger partial charge in [0.05, 0.1) is 5.69 Å². The van der Waals surface area contributed by atoms with Crippen LogP contribution < -0.4 is 20.5 Å². The van der Waals surface area contributed by atoms with E-state index in [2.05, 4.69) is 15.6 Å². The highest BCUT2D eigenvalue weighted by Gasteiger charge is 2.14. The summed E-state index contributed by atoms with van der Waals surface area (Å²) < 4.78 is 17.3. The van der Waals surface area contributed by atoms with E-state index in [1.54, 1.807) is 36.0 Å². The van der Waals surface area contributed by atoms with Crippen LogP contribution in [-0.2, 0) is 7.05 Å². The highest BCUT2D eigenvalue weighted by molar-refractivity contribution is 5.87. The molecular weight excluding hydrogens is 338 g/mol. The third-order valence-corrected chi connectivity index (χ3v) is 3.50. The number of aryl methyl sites for hydroxylation is 2. The molecule has 9 heteroatoms. The van der Waals surface area contributed by atoms with E-state index in [1.165, 1.54) is 6.07 Å². The second-order valence-corrected chi connectivity index (χ2v) is 5.48. The number of carbonyl (C=O) groups is 1. The van der Waals surface area contributed by atoms with Crippen LogP contribution in [0.15, 0.2) is 41.1 Å². The molecule has 0 atom stereocenters. The summed E-state index contributed by atoms with van der Waals surface area (Å²) in [5, 5.41) is 10.4. The normalized spacial score (nSPS) is 10.6.